The Morgan fingerprint density at radius 1 is 1.56 bits per heavy atom. The van der Waals surface area contributed by atoms with E-state index in [4.69, 9.17) is 4.74 Å². The van der Waals surface area contributed by atoms with Crippen LogP contribution in [0.25, 0.3) is 0 Å². The van der Waals surface area contributed by atoms with Gasteiger partial charge in [-0.3, -0.25) is 0 Å². The van der Waals surface area contributed by atoms with E-state index in [1.807, 2.05) is 0 Å². The Labute approximate surface area is 67.8 Å². The van der Waals surface area contributed by atoms with E-state index in [1.165, 1.54) is 0 Å². The van der Waals surface area contributed by atoms with Crippen molar-refractivity contribution in [3.05, 3.63) is 0 Å². The number of hydrogen-bond acceptors (Lipinski definition) is 3. The Morgan fingerprint density at radius 2 is 2.22 bits per heavy atom. The van der Waals surface area contributed by atoms with E-state index in [0.29, 0.717) is 35.7 Å². The Kier molecular flexibility index (Phi) is 6.51. The fourth-order valence-corrected chi connectivity index (χ4v) is 0.712. The van der Waals surface area contributed by atoms with E-state index in [1.54, 1.807) is 7.11 Å². The second-order valence-electron chi connectivity index (χ2n) is 1.51. The van der Waals surface area contributed by atoms with Crippen LogP contribution >= 0.6 is 0 Å². The normalized spacial score (nSPS) is 9.11. The van der Waals surface area contributed by atoms with E-state index in [0.717, 1.165) is 6.42 Å². The molecule has 0 N–H and O–H groups in total. The molecular formula is C5H10O3Sn. The topological polar surface area (TPSA) is 35.5 Å². The van der Waals surface area contributed by atoms with Crippen molar-refractivity contribution in [1.29, 1.82) is 0 Å². The molecule has 0 aromatic rings. The first-order valence-electron chi connectivity index (χ1n) is 2.68. The molecule has 0 saturated carbocycles. The Hall–Kier alpha value is 0.229. The van der Waals surface area contributed by atoms with Gasteiger partial charge in [-0.1, -0.05) is 0 Å². The average Bonchev–Trinajstić information content (AvgIpc) is 1.80. The summed E-state index contributed by atoms with van der Waals surface area (Å²) in [7, 11) is 1.63. The molecule has 9 heavy (non-hydrogen) atoms. The molecule has 0 rings (SSSR count). The van der Waals surface area contributed by atoms with Gasteiger partial charge in [0, 0.05) is 0 Å². The summed E-state index contributed by atoms with van der Waals surface area (Å²) in [5, 5.41) is 0. The van der Waals surface area contributed by atoms with Gasteiger partial charge in [-0.2, -0.15) is 0 Å². The van der Waals surface area contributed by atoms with Gasteiger partial charge in [-0.25, -0.2) is 0 Å². The van der Waals surface area contributed by atoms with Crippen molar-refractivity contribution in [1.82, 2.24) is 0 Å². The molecule has 4 heteroatoms. The molecule has 0 aliphatic rings. The van der Waals surface area contributed by atoms with Crippen molar-refractivity contribution in [3.8, 4) is 0 Å². The number of methoxy groups -OCH3 is 1. The minimum atomic E-state index is -0.100. The molecular weight excluding hydrogens is 227 g/mol. The van der Waals surface area contributed by atoms with Crippen LogP contribution < -0.4 is 0 Å². The van der Waals surface area contributed by atoms with E-state index >= 15 is 0 Å². The quantitative estimate of drug-likeness (QED) is 0.512. The zero-order chi connectivity index (χ0) is 7.11. The van der Waals surface area contributed by atoms with Crippen LogP contribution in [-0.2, 0) is 9.47 Å². The molecule has 52 valence electrons. The number of hydrogen-bond donors (Lipinski definition) is 0. The Bertz CT molecular complexity index is 84.3. The Balaban J connectivity index is 2.83. The predicted octanol–water partition coefficient (Wildman–Crippen LogP) is 0.0603. The molecule has 0 aliphatic heterocycles. The van der Waals surface area contributed by atoms with Gasteiger partial charge in [0.2, 0.25) is 0 Å². The average molecular weight is 237 g/mol. The van der Waals surface area contributed by atoms with Gasteiger partial charge in [-0.05, 0) is 0 Å². The molecule has 0 saturated heterocycles. The standard InChI is InChI=1S/C5H9O3.Sn.H/c1-7-3-2-4-8-5-6;;/h2-4H2,1H3;;. The molecule has 0 aliphatic carbocycles. The van der Waals surface area contributed by atoms with Gasteiger partial charge in [0.15, 0.2) is 0 Å². The van der Waals surface area contributed by atoms with Gasteiger partial charge in [0.25, 0.3) is 0 Å². The van der Waals surface area contributed by atoms with Crippen molar-refractivity contribution in [2.24, 2.45) is 0 Å². The van der Waals surface area contributed by atoms with Crippen LogP contribution in [0.3, 0.4) is 0 Å². The molecule has 0 spiro atoms. The summed E-state index contributed by atoms with van der Waals surface area (Å²) >= 11 is 0.544. The van der Waals surface area contributed by atoms with Crippen molar-refractivity contribution < 1.29 is 14.3 Å². The van der Waals surface area contributed by atoms with Crippen molar-refractivity contribution in [3.63, 3.8) is 0 Å². The maximum absolute atomic E-state index is 10.2. The van der Waals surface area contributed by atoms with Crippen LogP contribution in [0.4, 0.5) is 4.79 Å². The maximum atomic E-state index is 10.2. The SMILES string of the molecule is COCCCO[C](=O)[SnH]. The van der Waals surface area contributed by atoms with Crippen molar-refractivity contribution in [2.45, 2.75) is 6.42 Å². The number of carbonyl (C=O) groups is 1. The molecule has 3 nitrogen and oxygen atoms in total. The van der Waals surface area contributed by atoms with E-state index in [2.05, 4.69) is 4.74 Å². The van der Waals surface area contributed by atoms with Crippen molar-refractivity contribution >= 4 is 26.5 Å². The zero-order valence-electron chi connectivity index (χ0n) is 5.42. The molecule has 0 aromatic carbocycles. The van der Waals surface area contributed by atoms with Crippen LogP contribution in [0.1, 0.15) is 6.42 Å². The fourth-order valence-electron chi connectivity index (χ4n) is 0.376. The van der Waals surface area contributed by atoms with Crippen LogP contribution in [0.5, 0.6) is 0 Å². The molecule has 0 heterocycles. The molecule has 0 fully saturated rings. The predicted molar refractivity (Wildman–Crippen MR) is 35.0 cm³/mol. The molecule has 0 unspecified atom stereocenters. The Morgan fingerprint density at radius 3 is 2.67 bits per heavy atom. The third kappa shape index (κ3) is 8.23. The molecule has 0 aromatic heterocycles. The molecule has 2 radical (unpaired) electrons. The van der Waals surface area contributed by atoms with Gasteiger partial charge >= 0.3 is 67.5 Å². The summed E-state index contributed by atoms with van der Waals surface area (Å²) < 4.78 is 9.33. The third-order valence-electron chi connectivity index (χ3n) is 0.737. The molecule has 0 atom stereocenters. The summed E-state index contributed by atoms with van der Waals surface area (Å²) in [4.78, 5) is 10.2. The van der Waals surface area contributed by atoms with Gasteiger partial charge in [0.1, 0.15) is 0 Å². The van der Waals surface area contributed by atoms with E-state index in [-0.39, 0.29) is 3.99 Å². The van der Waals surface area contributed by atoms with Gasteiger partial charge < -0.3 is 0 Å². The summed E-state index contributed by atoms with van der Waals surface area (Å²) in [6.45, 7) is 1.15. The second kappa shape index (κ2) is 6.35. The first-order valence-corrected chi connectivity index (χ1v) is 4.33. The monoisotopic (exact) mass is 238 g/mol. The van der Waals surface area contributed by atoms with Crippen LogP contribution in [-0.4, -0.2) is 46.8 Å². The van der Waals surface area contributed by atoms with Crippen molar-refractivity contribution in [2.75, 3.05) is 20.3 Å². The zero-order valence-corrected chi connectivity index (χ0v) is 8.72. The molecule has 0 amide bonds. The summed E-state index contributed by atoms with van der Waals surface area (Å²) in [5.41, 5.74) is 0. The summed E-state index contributed by atoms with van der Waals surface area (Å²) in [5.74, 6) is 0. The van der Waals surface area contributed by atoms with Gasteiger partial charge in [0.05, 0.1) is 0 Å². The van der Waals surface area contributed by atoms with E-state index < -0.39 is 0 Å². The number of rotatable bonds is 4. The van der Waals surface area contributed by atoms with Crippen LogP contribution in [0.2, 0.25) is 0 Å². The first kappa shape index (κ1) is 9.23. The summed E-state index contributed by atoms with van der Waals surface area (Å²) in [6, 6.07) is 0. The fraction of sp³-hybridized carbons (Fsp3) is 0.800. The van der Waals surface area contributed by atoms with Gasteiger partial charge in [-0.15, -0.1) is 0 Å². The van der Waals surface area contributed by atoms with E-state index in [9.17, 15) is 4.79 Å². The third-order valence-corrected chi connectivity index (χ3v) is 1.21. The minimum absolute atomic E-state index is 0.100. The number of carbonyl (C=O) groups excluding carboxylic acids is 1. The first-order chi connectivity index (χ1) is 4.27. The molecule has 0 bridgehead atoms. The van der Waals surface area contributed by atoms with Crippen LogP contribution in [0.15, 0.2) is 0 Å². The number of ether oxygens (including phenoxy) is 2. The van der Waals surface area contributed by atoms with Crippen LogP contribution in [0, 0.1) is 0 Å². The summed E-state index contributed by atoms with van der Waals surface area (Å²) in [6.07, 6.45) is 0.795. The second-order valence-corrected chi connectivity index (χ2v) is 2.86.